The second-order valence-corrected chi connectivity index (χ2v) is 6.66. The van der Waals surface area contributed by atoms with Crippen molar-refractivity contribution in [3.63, 3.8) is 0 Å². The Morgan fingerprint density at radius 3 is 2.57 bits per heavy atom. The summed E-state index contributed by atoms with van der Waals surface area (Å²) in [4.78, 5) is 34.0. The van der Waals surface area contributed by atoms with Crippen LogP contribution in [0.4, 0.5) is 5.69 Å². The van der Waals surface area contributed by atoms with Gasteiger partial charge in [0.15, 0.2) is 19.0 Å². The molecule has 0 aliphatic carbocycles. The Hall–Kier alpha value is -2.26. The van der Waals surface area contributed by atoms with Crippen molar-refractivity contribution in [3.05, 3.63) is 55.2 Å². The lowest BCUT2D eigenvalue weighted by Gasteiger charge is -2.06. The van der Waals surface area contributed by atoms with E-state index in [4.69, 9.17) is 9.47 Å². The predicted molar refractivity (Wildman–Crippen MR) is 85.9 cm³/mol. The number of benzene rings is 1. The molecule has 9 heteroatoms. The molecule has 0 saturated carbocycles. The van der Waals surface area contributed by atoms with Gasteiger partial charge >= 0.3 is 11.7 Å². The third-order valence-electron chi connectivity index (χ3n) is 2.62. The predicted octanol–water partition coefficient (Wildman–Crippen LogP) is 3.22. The lowest BCUT2D eigenvalue weighted by atomic mass is 10.3. The zero-order valence-corrected chi connectivity index (χ0v) is 14.0. The Labute approximate surface area is 143 Å². The van der Waals surface area contributed by atoms with Gasteiger partial charge in [-0.15, -0.1) is 11.3 Å². The Kier molecular flexibility index (Phi) is 5.83. The average molecular weight is 400 g/mol. The molecular formula is C14H10BrNO6S. The van der Waals surface area contributed by atoms with E-state index in [0.29, 0.717) is 4.88 Å². The molecule has 2 aromatic rings. The Morgan fingerprint density at radius 2 is 1.91 bits per heavy atom. The number of nitro groups is 1. The lowest BCUT2D eigenvalue weighted by Crippen LogP contribution is -2.19. The first kappa shape index (κ1) is 17.1. The quantitative estimate of drug-likeness (QED) is 0.307. The Morgan fingerprint density at radius 1 is 1.17 bits per heavy atom. The van der Waals surface area contributed by atoms with E-state index in [1.165, 1.54) is 29.5 Å². The molecule has 7 nitrogen and oxygen atoms in total. The van der Waals surface area contributed by atoms with E-state index in [1.807, 2.05) is 0 Å². The van der Waals surface area contributed by atoms with Crippen LogP contribution in [0.5, 0.6) is 5.75 Å². The topological polar surface area (TPSA) is 95.7 Å². The van der Waals surface area contributed by atoms with Crippen molar-refractivity contribution in [2.45, 2.75) is 0 Å². The first-order chi connectivity index (χ1) is 11.0. The first-order valence-electron chi connectivity index (χ1n) is 6.27. The van der Waals surface area contributed by atoms with Gasteiger partial charge in [-0.3, -0.25) is 14.9 Å². The number of nitrogens with zero attached hydrogens (tertiary/aromatic N) is 1. The molecule has 0 amide bonds. The number of carbonyl (C=O) groups excluding carboxylic acids is 2. The van der Waals surface area contributed by atoms with Crippen LogP contribution in [-0.4, -0.2) is 29.9 Å². The van der Waals surface area contributed by atoms with Gasteiger partial charge in [-0.25, -0.2) is 4.79 Å². The van der Waals surface area contributed by atoms with Gasteiger partial charge < -0.3 is 9.47 Å². The Balaban J connectivity index is 1.84. The molecule has 0 aliphatic heterocycles. The maximum Gasteiger partial charge on any atom is 0.344 e. The van der Waals surface area contributed by atoms with Crippen LogP contribution in [0, 0.1) is 10.1 Å². The molecule has 0 unspecified atom stereocenters. The van der Waals surface area contributed by atoms with E-state index < -0.39 is 24.1 Å². The van der Waals surface area contributed by atoms with Gasteiger partial charge in [0.25, 0.3) is 0 Å². The molecule has 1 aromatic carbocycles. The molecule has 0 radical (unpaired) electrons. The van der Waals surface area contributed by atoms with Crippen molar-refractivity contribution in [3.8, 4) is 5.75 Å². The molecule has 0 atom stereocenters. The van der Waals surface area contributed by atoms with Crippen LogP contribution in [0.1, 0.15) is 9.67 Å². The number of thiophene rings is 1. The second-order valence-electron chi connectivity index (χ2n) is 4.20. The number of rotatable bonds is 7. The smallest absolute Gasteiger partial charge is 0.344 e. The summed E-state index contributed by atoms with van der Waals surface area (Å²) in [5, 5.41) is 10.8. The fourth-order valence-corrected chi connectivity index (χ4v) is 2.90. The molecule has 23 heavy (non-hydrogen) atoms. The number of esters is 1. The number of hydrogen-bond acceptors (Lipinski definition) is 7. The molecule has 120 valence electrons. The van der Waals surface area contributed by atoms with Crippen molar-refractivity contribution in [1.29, 1.82) is 0 Å². The number of nitro benzene ring substituents is 1. The summed E-state index contributed by atoms with van der Waals surface area (Å²) in [6, 6.07) is 9.01. The second kappa shape index (κ2) is 7.84. The number of para-hydroxylation sites is 2. The van der Waals surface area contributed by atoms with Crippen molar-refractivity contribution in [2.24, 2.45) is 0 Å². The molecule has 0 saturated heterocycles. The average Bonchev–Trinajstić information content (AvgIpc) is 2.97. The summed E-state index contributed by atoms with van der Waals surface area (Å²) in [5.41, 5.74) is -0.250. The molecule has 1 aromatic heterocycles. The number of Topliss-reactive ketones (excluding diaryl/α,β-unsaturated/α-hetero) is 1. The monoisotopic (exact) mass is 399 g/mol. The minimum absolute atomic E-state index is 0.0389. The van der Waals surface area contributed by atoms with Crippen LogP contribution in [-0.2, 0) is 9.53 Å². The molecule has 1 heterocycles. The van der Waals surface area contributed by atoms with E-state index in [0.717, 1.165) is 3.79 Å². The summed E-state index contributed by atoms with van der Waals surface area (Å²) in [7, 11) is 0. The zero-order chi connectivity index (χ0) is 16.8. The SMILES string of the molecule is O=C(COc1ccccc1[N+](=O)[O-])OCC(=O)c1ccc(Br)s1. The number of ketones is 1. The summed E-state index contributed by atoms with van der Waals surface area (Å²) in [5.74, 6) is -1.16. The van der Waals surface area contributed by atoms with E-state index in [2.05, 4.69) is 15.9 Å². The maximum atomic E-state index is 11.8. The highest BCUT2D eigenvalue weighted by atomic mass is 79.9. The van der Waals surface area contributed by atoms with Gasteiger partial charge in [0.05, 0.1) is 13.6 Å². The molecule has 0 spiro atoms. The van der Waals surface area contributed by atoms with Crippen molar-refractivity contribution >= 4 is 44.7 Å². The highest BCUT2D eigenvalue weighted by Gasteiger charge is 2.16. The standard InChI is InChI=1S/C14H10BrNO6S/c15-13-6-5-12(23-13)10(17)7-22-14(18)8-21-11-4-2-1-3-9(11)16(19)20/h1-6H,7-8H2. The Bertz CT molecular complexity index is 744. The summed E-state index contributed by atoms with van der Waals surface area (Å²) in [6.07, 6.45) is 0. The van der Waals surface area contributed by atoms with Gasteiger partial charge in [0, 0.05) is 6.07 Å². The van der Waals surface area contributed by atoms with Gasteiger partial charge in [-0.2, -0.15) is 0 Å². The number of hydrogen-bond donors (Lipinski definition) is 0. The zero-order valence-electron chi connectivity index (χ0n) is 11.6. The van der Waals surface area contributed by atoms with Crippen molar-refractivity contribution < 1.29 is 24.0 Å². The van der Waals surface area contributed by atoms with Crippen LogP contribution < -0.4 is 4.74 Å². The summed E-state index contributed by atoms with van der Waals surface area (Å²) >= 11 is 4.47. The molecule has 0 fully saturated rings. The fourth-order valence-electron chi connectivity index (χ4n) is 1.59. The number of ether oxygens (including phenoxy) is 2. The van der Waals surface area contributed by atoms with Crippen molar-refractivity contribution in [1.82, 2.24) is 0 Å². The third kappa shape index (κ3) is 4.86. The number of halogens is 1. The lowest BCUT2D eigenvalue weighted by molar-refractivity contribution is -0.385. The fraction of sp³-hybridized carbons (Fsp3) is 0.143. The molecule has 0 bridgehead atoms. The van der Waals surface area contributed by atoms with Gasteiger partial charge in [0.2, 0.25) is 5.78 Å². The largest absolute Gasteiger partial charge is 0.475 e. The van der Waals surface area contributed by atoms with E-state index in [9.17, 15) is 19.7 Å². The number of carbonyl (C=O) groups is 2. The summed E-state index contributed by atoms with van der Waals surface area (Å²) < 4.78 is 10.7. The van der Waals surface area contributed by atoms with Crippen LogP contribution in [0.2, 0.25) is 0 Å². The van der Waals surface area contributed by atoms with Gasteiger partial charge in [0.1, 0.15) is 0 Å². The van der Waals surface area contributed by atoms with Crippen LogP contribution in [0.25, 0.3) is 0 Å². The van der Waals surface area contributed by atoms with E-state index >= 15 is 0 Å². The highest BCUT2D eigenvalue weighted by molar-refractivity contribution is 9.11. The van der Waals surface area contributed by atoms with Crippen LogP contribution in [0.3, 0.4) is 0 Å². The molecular weight excluding hydrogens is 390 g/mol. The van der Waals surface area contributed by atoms with Gasteiger partial charge in [-0.05, 0) is 34.1 Å². The minimum Gasteiger partial charge on any atom is -0.475 e. The maximum absolute atomic E-state index is 11.8. The minimum atomic E-state index is -0.785. The van der Waals surface area contributed by atoms with E-state index in [1.54, 1.807) is 18.2 Å². The molecule has 0 aliphatic rings. The van der Waals surface area contributed by atoms with Crippen molar-refractivity contribution in [2.75, 3.05) is 13.2 Å². The summed E-state index contributed by atoms with van der Waals surface area (Å²) in [6.45, 7) is -0.932. The van der Waals surface area contributed by atoms with E-state index in [-0.39, 0.29) is 17.2 Å². The molecule has 2 rings (SSSR count). The third-order valence-corrected chi connectivity index (χ3v) is 4.28. The normalized spacial score (nSPS) is 10.1. The van der Waals surface area contributed by atoms with Crippen LogP contribution in [0.15, 0.2) is 40.2 Å². The van der Waals surface area contributed by atoms with Gasteiger partial charge in [-0.1, -0.05) is 12.1 Å². The highest BCUT2D eigenvalue weighted by Crippen LogP contribution is 2.25. The molecule has 0 N–H and O–H groups in total. The van der Waals surface area contributed by atoms with Crippen LogP contribution >= 0.6 is 27.3 Å². The first-order valence-corrected chi connectivity index (χ1v) is 7.88.